The van der Waals surface area contributed by atoms with Crippen molar-refractivity contribution in [3.05, 3.63) is 40.2 Å². The number of hydrogen-bond donors (Lipinski definition) is 2. The van der Waals surface area contributed by atoms with Crippen LogP contribution in [0.15, 0.2) is 29.6 Å². The van der Waals surface area contributed by atoms with Gasteiger partial charge in [-0.1, -0.05) is 6.07 Å². The van der Waals surface area contributed by atoms with Gasteiger partial charge in [-0.3, -0.25) is 4.79 Å². The lowest BCUT2D eigenvalue weighted by atomic mass is 10.1. The zero-order valence-electron chi connectivity index (χ0n) is 11.5. The molecule has 0 aliphatic carbocycles. The van der Waals surface area contributed by atoms with Gasteiger partial charge in [0, 0.05) is 24.4 Å². The highest BCUT2D eigenvalue weighted by Gasteiger charge is 2.16. The molecule has 2 aromatic heterocycles. The number of likely N-dealkylation sites (N-methyl/N-ethyl adjacent to an activating group) is 1. The fourth-order valence-corrected chi connectivity index (χ4v) is 2.77. The number of nitrogens with zero attached hydrogens (tertiary/aromatic N) is 2. The van der Waals surface area contributed by atoms with Gasteiger partial charge in [0.15, 0.2) is 5.82 Å². The molecule has 6 heteroatoms. The topological polar surface area (TPSA) is 85.2 Å². The molecule has 20 heavy (non-hydrogen) atoms. The van der Waals surface area contributed by atoms with Crippen LogP contribution in [0.25, 0.3) is 0 Å². The predicted molar refractivity (Wildman–Crippen MR) is 83.1 cm³/mol. The van der Waals surface area contributed by atoms with Crippen LogP contribution >= 0.6 is 11.3 Å². The smallest absolute Gasteiger partial charge is 0.267 e. The van der Waals surface area contributed by atoms with Crippen molar-refractivity contribution in [2.24, 2.45) is 5.73 Å². The second kappa shape index (κ2) is 5.92. The van der Waals surface area contributed by atoms with Crippen LogP contribution in [0.3, 0.4) is 0 Å². The summed E-state index contributed by atoms with van der Waals surface area (Å²) >= 11 is 1.72. The Labute approximate surface area is 122 Å². The average Bonchev–Trinajstić information content (AvgIpc) is 2.91. The van der Waals surface area contributed by atoms with E-state index in [1.807, 2.05) is 18.0 Å². The summed E-state index contributed by atoms with van der Waals surface area (Å²) in [6.07, 6.45) is 0.899. The van der Waals surface area contributed by atoms with Gasteiger partial charge in [-0.25, -0.2) is 4.98 Å². The second-order valence-corrected chi connectivity index (χ2v) is 5.75. The van der Waals surface area contributed by atoms with Crippen LogP contribution in [0, 0.1) is 0 Å². The first-order valence-electron chi connectivity index (χ1n) is 6.30. The zero-order valence-corrected chi connectivity index (χ0v) is 12.4. The Kier molecular flexibility index (Phi) is 4.24. The number of amides is 1. The first-order chi connectivity index (χ1) is 9.49. The van der Waals surface area contributed by atoms with Gasteiger partial charge in [-0.15, -0.1) is 11.3 Å². The van der Waals surface area contributed by atoms with E-state index in [-0.39, 0.29) is 11.7 Å². The van der Waals surface area contributed by atoms with E-state index in [4.69, 9.17) is 11.5 Å². The van der Waals surface area contributed by atoms with Crippen LogP contribution in [-0.4, -0.2) is 24.0 Å². The molecule has 1 amide bonds. The molecule has 4 N–H and O–H groups in total. The molecule has 0 fully saturated rings. The number of nitrogens with two attached hydrogens (primary N) is 2. The maximum absolute atomic E-state index is 11.2. The third-order valence-electron chi connectivity index (χ3n) is 3.23. The van der Waals surface area contributed by atoms with Gasteiger partial charge in [0.25, 0.3) is 5.91 Å². The Morgan fingerprint density at radius 2 is 2.20 bits per heavy atom. The van der Waals surface area contributed by atoms with Gasteiger partial charge in [0.2, 0.25) is 0 Å². The molecular formula is C14H18N4OS. The van der Waals surface area contributed by atoms with Crippen molar-refractivity contribution >= 4 is 28.7 Å². The van der Waals surface area contributed by atoms with E-state index >= 15 is 0 Å². The van der Waals surface area contributed by atoms with Crippen molar-refractivity contribution in [1.29, 1.82) is 0 Å². The normalized spacial score (nSPS) is 12.1. The molecule has 0 bridgehead atoms. The summed E-state index contributed by atoms with van der Waals surface area (Å²) in [6.45, 7) is 2.10. The zero-order chi connectivity index (χ0) is 14.7. The Morgan fingerprint density at radius 3 is 2.80 bits per heavy atom. The third kappa shape index (κ3) is 3.08. The highest BCUT2D eigenvalue weighted by molar-refractivity contribution is 7.09. The molecule has 2 aromatic rings. The minimum atomic E-state index is -0.550. The molecule has 0 aliphatic heterocycles. The lowest BCUT2D eigenvalue weighted by Crippen LogP contribution is -2.32. The van der Waals surface area contributed by atoms with Gasteiger partial charge in [0.1, 0.15) is 5.69 Å². The minimum absolute atomic E-state index is 0.214. The number of pyridine rings is 1. The van der Waals surface area contributed by atoms with Gasteiger partial charge >= 0.3 is 0 Å². The van der Waals surface area contributed by atoms with Gasteiger partial charge < -0.3 is 16.4 Å². The fraction of sp³-hybridized carbons (Fsp3) is 0.286. The van der Waals surface area contributed by atoms with Crippen molar-refractivity contribution < 1.29 is 4.79 Å². The molecule has 2 rings (SSSR count). The number of primary amides is 1. The molecule has 0 aromatic carbocycles. The fourth-order valence-electron chi connectivity index (χ4n) is 1.94. The summed E-state index contributed by atoms with van der Waals surface area (Å²) < 4.78 is 0. The quantitative estimate of drug-likeness (QED) is 0.880. The van der Waals surface area contributed by atoms with E-state index in [1.54, 1.807) is 23.5 Å². The molecule has 1 atom stereocenters. The van der Waals surface area contributed by atoms with E-state index in [0.717, 1.165) is 6.42 Å². The molecule has 0 aliphatic rings. The summed E-state index contributed by atoms with van der Waals surface area (Å²) in [4.78, 5) is 18.7. The van der Waals surface area contributed by atoms with Gasteiger partial charge in [-0.2, -0.15) is 0 Å². The molecule has 5 nitrogen and oxygen atoms in total. The molecule has 0 saturated carbocycles. The lowest BCUT2D eigenvalue weighted by Gasteiger charge is -2.27. The van der Waals surface area contributed by atoms with Crippen molar-refractivity contribution in [3.8, 4) is 0 Å². The average molecular weight is 290 g/mol. The van der Waals surface area contributed by atoms with Crippen molar-refractivity contribution in [2.45, 2.75) is 19.4 Å². The van der Waals surface area contributed by atoms with Crippen LogP contribution in [0.5, 0.6) is 0 Å². The van der Waals surface area contributed by atoms with Crippen molar-refractivity contribution in [1.82, 2.24) is 4.98 Å². The maximum atomic E-state index is 11.2. The van der Waals surface area contributed by atoms with Crippen LogP contribution in [0.2, 0.25) is 0 Å². The van der Waals surface area contributed by atoms with E-state index in [1.165, 1.54) is 4.88 Å². The van der Waals surface area contributed by atoms with E-state index in [0.29, 0.717) is 11.5 Å². The number of carbonyl (C=O) groups excluding carboxylic acids is 1. The summed E-state index contributed by atoms with van der Waals surface area (Å²) in [6, 6.07) is 7.56. The number of hydrogen-bond acceptors (Lipinski definition) is 5. The van der Waals surface area contributed by atoms with Gasteiger partial charge in [-0.05, 0) is 30.5 Å². The summed E-state index contributed by atoms with van der Waals surface area (Å²) in [5, 5.41) is 2.06. The molecule has 0 radical (unpaired) electrons. The first-order valence-corrected chi connectivity index (χ1v) is 7.18. The molecule has 106 valence electrons. The van der Waals surface area contributed by atoms with E-state index < -0.39 is 5.91 Å². The molecule has 0 saturated heterocycles. The van der Waals surface area contributed by atoms with Crippen molar-refractivity contribution in [2.75, 3.05) is 17.7 Å². The van der Waals surface area contributed by atoms with E-state index in [9.17, 15) is 4.79 Å². The molecule has 2 heterocycles. The van der Waals surface area contributed by atoms with E-state index in [2.05, 4.69) is 23.4 Å². The molecule has 1 unspecified atom stereocenters. The maximum Gasteiger partial charge on any atom is 0.267 e. The molecular weight excluding hydrogens is 272 g/mol. The highest BCUT2D eigenvalue weighted by atomic mass is 32.1. The second-order valence-electron chi connectivity index (χ2n) is 4.72. The van der Waals surface area contributed by atoms with Crippen LogP contribution in [-0.2, 0) is 6.42 Å². The number of anilines is 2. The summed E-state index contributed by atoms with van der Waals surface area (Å²) in [7, 11) is 1.92. The SMILES string of the molecule is CC(Cc1cccs1)N(C)c1nc(C(N)=O)ccc1N. The predicted octanol–water partition coefficient (Wildman–Crippen LogP) is 1.89. The van der Waals surface area contributed by atoms with Crippen LogP contribution < -0.4 is 16.4 Å². The number of thiophene rings is 1. The first kappa shape index (κ1) is 14.3. The van der Waals surface area contributed by atoms with Crippen LogP contribution in [0.4, 0.5) is 11.5 Å². The van der Waals surface area contributed by atoms with Crippen molar-refractivity contribution in [3.63, 3.8) is 0 Å². The molecule has 0 spiro atoms. The lowest BCUT2D eigenvalue weighted by molar-refractivity contribution is 0.0995. The largest absolute Gasteiger partial charge is 0.396 e. The Hall–Kier alpha value is -2.08. The number of aromatic nitrogens is 1. The number of nitrogen functional groups attached to an aromatic ring is 1. The number of carbonyl (C=O) groups is 1. The Bertz CT molecular complexity index is 597. The van der Waals surface area contributed by atoms with Gasteiger partial charge in [0.05, 0.1) is 5.69 Å². The number of rotatable bonds is 5. The Balaban J connectivity index is 2.21. The third-order valence-corrected chi connectivity index (χ3v) is 4.13. The summed E-state index contributed by atoms with van der Waals surface area (Å²) in [5.41, 5.74) is 12.0. The standard InChI is InChI=1S/C14H18N4OS/c1-9(8-10-4-3-7-20-10)18(2)14-11(15)5-6-12(17-14)13(16)19/h3-7,9H,8,15H2,1-2H3,(H2,16,19). The summed E-state index contributed by atoms with van der Waals surface area (Å²) in [5.74, 6) is 0.0379. The highest BCUT2D eigenvalue weighted by Crippen LogP contribution is 2.23. The minimum Gasteiger partial charge on any atom is -0.396 e. The van der Waals surface area contributed by atoms with Crippen LogP contribution in [0.1, 0.15) is 22.3 Å². The Morgan fingerprint density at radius 1 is 1.45 bits per heavy atom. The monoisotopic (exact) mass is 290 g/mol.